The number of carbonyl (C=O) groups excluding carboxylic acids is 1. The second-order valence-electron chi connectivity index (χ2n) is 6.09. The molecule has 22 heavy (non-hydrogen) atoms. The topological polar surface area (TPSA) is 47.6 Å². The second-order valence-corrected chi connectivity index (χ2v) is 6.09. The van der Waals surface area contributed by atoms with Crippen LogP contribution in [-0.4, -0.2) is 57.6 Å². The Morgan fingerprint density at radius 2 is 1.82 bits per heavy atom. The van der Waals surface area contributed by atoms with Crippen LogP contribution >= 0.6 is 0 Å². The third kappa shape index (κ3) is 5.66. The molecule has 1 fully saturated rings. The minimum Gasteiger partial charge on any atom is -0.372 e. The van der Waals surface area contributed by atoms with Crippen molar-refractivity contribution in [1.29, 1.82) is 0 Å². The van der Waals surface area contributed by atoms with Gasteiger partial charge in [-0.25, -0.2) is 0 Å². The van der Waals surface area contributed by atoms with Gasteiger partial charge in [0.2, 0.25) is 5.91 Å². The molecule has 0 atom stereocenters. The molecule has 0 aliphatic carbocycles. The van der Waals surface area contributed by atoms with Crippen molar-refractivity contribution in [2.24, 2.45) is 0 Å². The molecule has 1 aromatic carbocycles. The van der Waals surface area contributed by atoms with Crippen LogP contribution < -0.4 is 15.5 Å². The number of rotatable bonds is 8. The van der Waals surface area contributed by atoms with E-state index in [-0.39, 0.29) is 5.91 Å². The van der Waals surface area contributed by atoms with E-state index in [0.29, 0.717) is 13.0 Å². The summed E-state index contributed by atoms with van der Waals surface area (Å²) in [6, 6.07) is 8.17. The zero-order valence-electron chi connectivity index (χ0n) is 13.8. The third-order valence-corrected chi connectivity index (χ3v) is 3.89. The normalized spacial score (nSPS) is 14.6. The Bertz CT molecular complexity index is 452. The van der Waals surface area contributed by atoms with Crippen LogP contribution in [0.1, 0.15) is 19.3 Å². The van der Waals surface area contributed by atoms with Crippen LogP contribution in [0.15, 0.2) is 24.3 Å². The van der Waals surface area contributed by atoms with Gasteiger partial charge in [0.15, 0.2) is 0 Å². The van der Waals surface area contributed by atoms with Crippen LogP contribution in [0, 0.1) is 0 Å². The molecular weight excluding hydrogens is 276 g/mol. The molecule has 122 valence electrons. The van der Waals surface area contributed by atoms with Crippen LogP contribution in [-0.2, 0) is 4.79 Å². The van der Waals surface area contributed by atoms with E-state index < -0.39 is 0 Å². The highest BCUT2D eigenvalue weighted by Gasteiger charge is 2.12. The smallest absolute Gasteiger partial charge is 0.225 e. The second kappa shape index (κ2) is 8.76. The fourth-order valence-electron chi connectivity index (χ4n) is 2.58. The van der Waals surface area contributed by atoms with Crippen LogP contribution in [0.25, 0.3) is 0 Å². The third-order valence-electron chi connectivity index (χ3n) is 3.89. The van der Waals surface area contributed by atoms with Gasteiger partial charge in [0.25, 0.3) is 0 Å². The van der Waals surface area contributed by atoms with Gasteiger partial charge in [-0.15, -0.1) is 0 Å². The predicted molar refractivity (Wildman–Crippen MR) is 92.6 cm³/mol. The van der Waals surface area contributed by atoms with Crippen molar-refractivity contribution in [3.63, 3.8) is 0 Å². The van der Waals surface area contributed by atoms with E-state index in [4.69, 9.17) is 0 Å². The average molecular weight is 304 g/mol. The van der Waals surface area contributed by atoms with Crippen molar-refractivity contribution in [3.05, 3.63) is 24.3 Å². The summed E-state index contributed by atoms with van der Waals surface area (Å²) in [7, 11) is 4.08. The lowest BCUT2D eigenvalue weighted by molar-refractivity contribution is -0.116. The molecule has 1 aliphatic heterocycles. The molecule has 2 rings (SSSR count). The van der Waals surface area contributed by atoms with Crippen LogP contribution in [0.2, 0.25) is 0 Å². The number of amides is 1. The van der Waals surface area contributed by atoms with Gasteiger partial charge in [-0.3, -0.25) is 4.79 Å². The fourth-order valence-corrected chi connectivity index (χ4v) is 2.58. The van der Waals surface area contributed by atoms with Crippen LogP contribution in [0.5, 0.6) is 0 Å². The van der Waals surface area contributed by atoms with E-state index in [1.165, 1.54) is 18.5 Å². The Labute approximate surface area is 133 Å². The van der Waals surface area contributed by atoms with E-state index >= 15 is 0 Å². The molecule has 1 aromatic rings. The summed E-state index contributed by atoms with van der Waals surface area (Å²) in [4.78, 5) is 16.4. The van der Waals surface area contributed by atoms with Crippen molar-refractivity contribution in [3.8, 4) is 0 Å². The largest absolute Gasteiger partial charge is 0.372 e. The summed E-state index contributed by atoms with van der Waals surface area (Å²) < 4.78 is 0. The number of nitrogens with one attached hydrogen (secondary N) is 2. The van der Waals surface area contributed by atoms with E-state index in [2.05, 4.69) is 32.6 Å². The molecule has 0 saturated carbocycles. The van der Waals surface area contributed by atoms with Gasteiger partial charge in [-0.05, 0) is 51.2 Å². The lowest BCUT2D eigenvalue weighted by atomic mass is 10.2. The van der Waals surface area contributed by atoms with Crippen LogP contribution in [0.4, 0.5) is 11.4 Å². The minimum atomic E-state index is 0.0614. The van der Waals surface area contributed by atoms with Gasteiger partial charge in [-0.1, -0.05) is 0 Å². The standard InChI is InChI=1S/C17H28N4O/c1-20(2)14-11-18-10-9-17(22)19-15-5-7-16(8-6-15)21-12-3-4-13-21/h5-8,18H,3-4,9-14H2,1-2H3,(H,19,22). The first kappa shape index (κ1) is 16.8. The Balaban J connectivity index is 1.68. The maximum atomic E-state index is 11.9. The number of hydrogen-bond donors (Lipinski definition) is 2. The highest BCUT2D eigenvalue weighted by molar-refractivity contribution is 5.91. The molecule has 5 nitrogen and oxygen atoms in total. The van der Waals surface area contributed by atoms with Crippen molar-refractivity contribution in [1.82, 2.24) is 10.2 Å². The summed E-state index contributed by atoms with van der Waals surface area (Å²) in [5.74, 6) is 0.0614. The molecule has 0 radical (unpaired) electrons. The lowest BCUT2D eigenvalue weighted by Gasteiger charge is -2.17. The SMILES string of the molecule is CN(C)CCNCCC(=O)Nc1ccc(N2CCCC2)cc1. The number of carbonyl (C=O) groups is 1. The van der Waals surface area contributed by atoms with Gasteiger partial charge in [0.05, 0.1) is 0 Å². The predicted octanol–water partition coefficient (Wildman–Crippen LogP) is 1.77. The van der Waals surface area contributed by atoms with Gasteiger partial charge >= 0.3 is 0 Å². The average Bonchev–Trinajstić information content (AvgIpc) is 3.01. The van der Waals surface area contributed by atoms with Gasteiger partial charge in [0.1, 0.15) is 0 Å². The fraction of sp³-hybridized carbons (Fsp3) is 0.588. The molecule has 0 aromatic heterocycles. The van der Waals surface area contributed by atoms with Crippen molar-refractivity contribution >= 4 is 17.3 Å². The Morgan fingerprint density at radius 3 is 2.45 bits per heavy atom. The number of anilines is 2. The number of likely N-dealkylation sites (N-methyl/N-ethyl adjacent to an activating group) is 1. The monoisotopic (exact) mass is 304 g/mol. The first-order chi connectivity index (χ1) is 10.6. The summed E-state index contributed by atoms with van der Waals surface area (Å²) in [5, 5.41) is 6.22. The molecule has 1 aliphatic rings. The summed E-state index contributed by atoms with van der Waals surface area (Å²) in [6.07, 6.45) is 3.06. The van der Waals surface area contributed by atoms with Gasteiger partial charge in [-0.2, -0.15) is 0 Å². The van der Waals surface area contributed by atoms with Crippen molar-refractivity contribution in [2.75, 3.05) is 57.0 Å². The minimum absolute atomic E-state index is 0.0614. The number of nitrogens with zero attached hydrogens (tertiary/aromatic N) is 2. The lowest BCUT2D eigenvalue weighted by Crippen LogP contribution is -2.29. The highest BCUT2D eigenvalue weighted by Crippen LogP contribution is 2.21. The highest BCUT2D eigenvalue weighted by atomic mass is 16.1. The maximum Gasteiger partial charge on any atom is 0.225 e. The quantitative estimate of drug-likeness (QED) is 0.719. The van der Waals surface area contributed by atoms with Crippen molar-refractivity contribution < 1.29 is 4.79 Å². The zero-order chi connectivity index (χ0) is 15.8. The van der Waals surface area contributed by atoms with E-state index in [1.807, 2.05) is 26.2 Å². The Morgan fingerprint density at radius 1 is 1.14 bits per heavy atom. The molecule has 1 heterocycles. The Hall–Kier alpha value is -1.59. The molecule has 1 amide bonds. The molecule has 2 N–H and O–H groups in total. The first-order valence-corrected chi connectivity index (χ1v) is 8.15. The van der Waals surface area contributed by atoms with E-state index in [9.17, 15) is 4.79 Å². The first-order valence-electron chi connectivity index (χ1n) is 8.15. The Kier molecular flexibility index (Phi) is 6.68. The van der Waals surface area contributed by atoms with E-state index in [0.717, 1.165) is 31.9 Å². The zero-order valence-corrected chi connectivity index (χ0v) is 13.8. The molecule has 5 heteroatoms. The molecular formula is C17H28N4O. The van der Waals surface area contributed by atoms with E-state index in [1.54, 1.807) is 0 Å². The maximum absolute atomic E-state index is 11.9. The van der Waals surface area contributed by atoms with Gasteiger partial charge < -0.3 is 20.4 Å². The molecule has 0 unspecified atom stereocenters. The van der Waals surface area contributed by atoms with Crippen molar-refractivity contribution in [2.45, 2.75) is 19.3 Å². The molecule has 0 spiro atoms. The number of benzene rings is 1. The summed E-state index contributed by atoms with van der Waals surface area (Å²) >= 11 is 0. The van der Waals surface area contributed by atoms with Gasteiger partial charge in [0, 0.05) is 50.5 Å². The molecule has 1 saturated heterocycles. The summed E-state index contributed by atoms with van der Waals surface area (Å²) in [6.45, 7) is 4.89. The molecule has 0 bridgehead atoms. The summed E-state index contributed by atoms with van der Waals surface area (Å²) in [5.41, 5.74) is 2.13. The number of hydrogen-bond acceptors (Lipinski definition) is 4. The van der Waals surface area contributed by atoms with Crippen LogP contribution in [0.3, 0.4) is 0 Å².